The van der Waals surface area contributed by atoms with Crippen molar-refractivity contribution in [3.05, 3.63) is 41.5 Å². The number of alkyl halides is 2. The lowest BCUT2D eigenvalue weighted by Crippen LogP contribution is -2.71. The van der Waals surface area contributed by atoms with Gasteiger partial charge in [-0.25, -0.2) is 28.0 Å². The lowest BCUT2D eigenvalue weighted by Gasteiger charge is -2.63. The highest BCUT2D eigenvalue weighted by Gasteiger charge is 2.80. The number of esters is 1. The number of aliphatic hydroxyl groups excluding tert-OH is 1. The monoisotopic (exact) mass is 858 g/mol. The molecule has 20 nitrogen and oxygen atoms in total. The first kappa shape index (κ1) is 45.3. The molecular formula is C38H48F2N2O18. The lowest BCUT2D eigenvalue weighted by atomic mass is 9.44. The summed E-state index contributed by atoms with van der Waals surface area (Å²) < 4.78 is 61.6. The zero-order valence-corrected chi connectivity index (χ0v) is 33.0. The number of unbranched alkanes of at least 4 members (excludes halogenated alkanes) is 1. The Hall–Kier alpha value is -4.20. The second-order valence-corrected chi connectivity index (χ2v) is 16.5. The SMILES string of the molecule is CC1(C)O[C@@H]2CC3C4C[C@H](F)C5=CC(=O)C=C[C@]5(C)[C@@]4(F)[C@@H](O)C[C@]3(C)[C@]2(C(=O)COC(=O)Oc2cc(C(=O)OCCCCC(CON(O)O)ON(O)O)cc(O)c2O)O1. The molecule has 60 heavy (non-hydrogen) atoms. The first-order chi connectivity index (χ1) is 28.0. The molecule has 4 aliphatic carbocycles. The highest BCUT2D eigenvalue weighted by atomic mass is 19.1. The zero-order valence-electron chi connectivity index (χ0n) is 33.0. The van der Waals surface area contributed by atoms with Gasteiger partial charge >= 0.3 is 12.1 Å². The van der Waals surface area contributed by atoms with Gasteiger partial charge in [-0.15, -0.1) is 0 Å². The third kappa shape index (κ3) is 7.90. The number of hydrogen-bond donors (Lipinski definition) is 7. The lowest BCUT2D eigenvalue weighted by molar-refractivity contribution is -0.527. The number of carbonyl (C=O) groups is 4. The Balaban J connectivity index is 1.12. The number of nitrogens with zero attached hydrogens (tertiary/aromatic N) is 2. The Morgan fingerprint density at radius 3 is 2.40 bits per heavy atom. The van der Waals surface area contributed by atoms with Crippen LogP contribution in [0, 0.1) is 22.7 Å². The van der Waals surface area contributed by atoms with Crippen molar-refractivity contribution in [1.82, 2.24) is 10.8 Å². The number of hydrogen-bond acceptors (Lipinski definition) is 20. The standard InChI is InChI=1S/C38H48F2N2O18/c1-34(2)58-30-15-22-23-14-25(39)24-13-20(43)8-9-35(24,3)37(23,40)28(45)16-36(22,4)38(30,60-34)29(46)18-55-33(49)57-27-12-19(11-26(44)31(27)47)32(48)54-10-6-5-7-21(59-42(52)53)17-56-41(50)51/h8-9,11-13,21-23,25,28,30,44-45,47,50-53H,5-7,10,14-18H2,1-4H3/t21?,22?,23?,25-,28-,30+,35-,36-,37-,38+/m0/s1. The molecule has 0 amide bonds. The van der Waals surface area contributed by atoms with Gasteiger partial charge in [-0.1, -0.05) is 13.0 Å². The van der Waals surface area contributed by atoms with Crippen LogP contribution in [-0.2, 0) is 38.2 Å². The van der Waals surface area contributed by atoms with Gasteiger partial charge in [0, 0.05) is 16.7 Å². The third-order valence-electron chi connectivity index (χ3n) is 12.6. The Bertz CT molecular complexity index is 1930. The number of Topliss-reactive ketones (excluding diaryl/α,β-unsaturated/α-hetero) is 1. The largest absolute Gasteiger partial charge is 0.514 e. The van der Waals surface area contributed by atoms with Crippen LogP contribution in [0.5, 0.6) is 17.2 Å². The number of benzene rings is 1. The molecule has 6 rings (SSSR count). The number of carbonyl (C=O) groups excluding carboxylic acids is 4. The minimum absolute atomic E-state index is 0.0177. The van der Waals surface area contributed by atoms with Crippen molar-refractivity contribution in [1.29, 1.82) is 0 Å². The van der Waals surface area contributed by atoms with Gasteiger partial charge in [0.25, 0.3) is 0 Å². The Kier molecular flexibility index (Phi) is 12.5. The van der Waals surface area contributed by atoms with Crippen molar-refractivity contribution in [2.24, 2.45) is 22.7 Å². The molecule has 1 aromatic rings. The number of rotatable bonds is 15. The number of fused-ring (bicyclic) bond motifs is 7. The van der Waals surface area contributed by atoms with Crippen LogP contribution in [0.25, 0.3) is 0 Å². The summed E-state index contributed by atoms with van der Waals surface area (Å²) in [4.78, 5) is 61.3. The number of ketones is 2. The van der Waals surface area contributed by atoms with Crippen LogP contribution in [0.2, 0.25) is 0 Å². The topological polar surface area (TPSA) is 281 Å². The van der Waals surface area contributed by atoms with Gasteiger partial charge in [-0.3, -0.25) is 30.4 Å². The summed E-state index contributed by atoms with van der Waals surface area (Å²) >= 11 is 0. The van der Waals surface area contributed by atoms with Crippen LogP contribution >= 0.6 is 0 Å². The number of phenols is 2. The summed E-state index contributed by atoms with van der Waals surface area (Å²) in [5, 5.41) is 66.3. The molecule has 1 aromatic carbocycles. The predicted molar refractivity (Wildman–Crippen MR) is 189 cm³/mol. The van der Waals surface area contributed by atoms with Gasteiger partial charge in [0.15, 0.2) is 40.9 Å². The number of aliphatic hydroxyl groups is 1. The molecule has 0 bridgehead atoms. The van der Waals surface area contributed by atoms with E-state index in [1.54, 1.807) is 20.8 Å². The van der Waals surface area contributed by atoms with Crippen molar-refractivity contribution in [3.63, 3.8) is 0 Å². The summed E-state index contributed by atoms with van der Waals surface area (Å²) in [7, 11) is 0. The predicted octanol–water partition coefficient (Wildman–Crippen LogP) is 3.72. The molecule has 1 saturated heterocycles. The van der Waals surface area contributed by atoms with E-state index < -0.39 is 129 Å². The molecule has 0 radical (unpaired) electrons. The molecule has 10 atom stereocenters. The van der Waals surface area contributed by atoms with Crippen LogP contribution in [-0.4, -0.2) is 132 Å². The van der Waals surface area contributed by atoms with E-state index in [0.717, 1.165) is 24.3 Å². The van der Waals surface area contributed by atoms with Crippen molar-refractivity contribution in [2.75, 3.05) is 19.8 Å². The quantitative estimate of drug-likeness (QED) is 0.0435. The molecule has 332 valence electrons. The maximum absolute atomic E-state index is 17.7. The molecule has 7 N–H and O–H groups in total. The van der Waals surface area contributed by atoms with Gasteiger partial charge < -0.3 is 39.0 Å². The summed E-state index contributed by atoms with van der Waals surface area (Å²) in [5.41, 5.74) is -7.89. The first-order valence-electron chi connectivity index (χ1n) is 19.1. The second-order valence-electron chi connectivity index (χ2n) is 16.5. The normalized spacial score (nSPS) is 34.3. The van der Waals surface area contributed by atoms with E-state index in [-0.39, 0.29) is 56.3 Å². The number of ether oxygens (including phenoxy) is 5. The van der Waals surface area contributed by atoms with Gasteiger partial charge in [0.05, 0.1) is 35.2 Å². The first-order valence-corrected chi connectivity index (χ1v) is 19.1. The van der Waals surface area contributed by atoms with E-state index in [1.165, 1.54) is 13.0 Å². The Labute approximate surface area is 340 Å². The second kappa shape index (κ2) is 16.6. The fourth-order valence-electron chi connectivity index (χ4n) is 10.1. The summed E-state index contributed by atoms with van der Waals surface area (Å²) in [6, 6.07) is 1.68. The van der Waals surface area contributed by atoms with E-state index in [4.69, 9.17) is 44.5 Å². The molecule has 1 heterocycles. The molecule has 0 aromatic heterocycles. The number of phenolic OH excluding ortho intramolecular Hbond substituents is 2. The number of aromatic hydroxyl groups is 2. The minimum atomic E-state index is -2.44. The van der Waals surface area contributed by atoms with E-state index in [9.17, 15) is 34.5 Å². The Morgan fingerprint density at radius 1 is 1.00 bits per heavy atom. The van der Waals surface area contributed by atoms with E-state index in [0.29, 0.717) is 0 Å². The Morgan fingerprint density at radius 2 is 1.72 bits per heavy atom. The molecule has 5 aliphatic rings. The van der Waals surface area contributed by atoms with Crippen molar-refractivity contribution in [3.8, 4) is 17.2 Å². The van der Waals surface area contributed by atoms with Crippen LogP contribution < -0.4 is 4.74 Å². The highest BCUT2D eigenvalue weighted by molar-refractivity contribution is 6.01. The molecule has 3 unspecified atom stereocenters. The maximum Gasteiger partial charge on any atom is 0.514 e. The fourth-order valence-corrected chi connectivity index (χ4v) is 10.1. The van der Waals surface area contributed by atoms with Crippen LogP contribution in [0.15, 0.2) is 35.9 Å². The van der Waals surface area contributed by atoms with Gasteiger partial charge in [-0.2, -0.15) is 0 Å². The summed E-state index contributed by atoms with van der Waals surface area (Å²) in [5.74, 6) is -8.31. The average molecular weight is 859 g/mol. The summed E-state index contributed by atoms with van der Waals surface area (Å²) in [6.07, 6.45) is -3.90. The van der Waals surface area contributed by atoms with Gasteiger partial charge in [0.2, 0.25) is 11.5 Å². The highest BCUT2D eigenvalue weighted by Crippen LogP contribution is 2.72. The average Bonchev–Trinajstić information content (AvgIpc) is 3.57. The van der Waals surface area contributed by atoms with Crippen LogP contribution in [0.3, 0.4) is 0 Å². The molecule has 0 spiro atoms. The fraction of sp³-hybridized carbons (Fsp3) is 0.632. The van der Waals surface area contributed by atoms with Crippen LogP contribution in [0.4, 0.5) is 13.6 Å². The van der Waals surface area contributed by atoms with E-state index in [1.807, 2.05) is 0 Å². The smallest absolute Gasteiger partial charge is 0.504 e. The van der Waals surface area contributed by atoms with Gasteiger partial charge in [0.1, 0.15) is 18.9 Å². The minimum Gasteiger partial charge on any atom is -0.504 e. The van der Waals surface area contributed by atoms with E-state index >= 15 is 8.78 Å². The molecule has 22 heteroatoms. The van der Waals surface area contributed by atoms with Crippen molar-refractivity contribution in [2.45, 2.75) is 108 Å². The van der Waals surface area contributed by atoms with Crippen LogP contribution in [0.1, 0.15) is 76.6 Å². The zero-order chi connectivity index (χ0) is 44.2. The summed E-state index contributed by atoms with van der Waals surface area (Å²) in [6.45, 7) is 4.43. The number of allylic oxidation sites excluding steroid dienone is 4. The van der Waals surface area contributed by atoms with E-state index in [2.05, 4.69) is 9.68 Å². The third-order valence-corrected chi connectivity index (χ3v) is 12.6. The molecule has 3 saturated carbocycles. The van der Waals surface area contributed by atoms with Crippen molar-refractivity contribution >= 4 is 23.7 Å². The number of halogens is 2. The molecular weight excluding hydrogens is 810 g/mol. The molecule has 4 fully saturated rings. The maximum atomic E-state index is 17.7. The van der Waals surface area contributed by atoms with Crippen molar-refractivity contribution < 1.29 is 97.5 Å². The molecule has 1 aliphatic heterocycles. The van der Waals surface area contributed by atoms with Gasteiger partial charge in [-0.05, 0) is 95.1 Å².